The van der Waals surface area contributed by atoms with Crippen molar-refractivity contribution in [2.24, 2.45) is 0 Å². The Kier molecular flexibility index (Phi) is 8.78. The van der Waals surface area contributed by atoms with Gasteiger partial charge < -0.3 is 24.7 Å². The Morgan fingerprint density at radius 2 is 1.69 bits per heavy atom. The molecule has 1 aromatic carbocycles. The fraction of sp³-hybridized carbons (Fsp3) is 0.562. The Morgan fingerprint density at radius 1 is 1.02 bits per heavy atom. The van der Waals surface area contributed by atoms with E-state index in [2.05, 4.69) is 95.7 Å². The molecule has 9 nitrogen and oxygen atoms in total. The summed E-state index contributed by atoms with van der Waals surface area (Å²) < 4.78 is 28.9. The van der Waals surface area contributed by atoms with Gasteiger partial charge in [-0.25, -0.2) is 9.37 Å². The molecule has 5 rings (SSSR count). The average molecular weight is 580 g/mol. The lowest BCUT2D eigenvalue weighted by molar-refractivity contribution is -0.00778. The van der Waals surface area contributed by atoms with Crippen LogP contribution in [-0.4, -0.2) is 88.0 Å². The highest BCUT2D eigenvalue weighted by Crippen LogP contribution is 2.38. The quantitative estimate of drug-likeness (QED) is 0.342. The van der Waals surface area contributed by atoms with Crippen molar-refractivity contribution in [3.8, 4) is 11.4 Å². The summed E-state index contributed by atoms with van der Waals surface area (Å²) in [7, 11) is 2.16. The number of hydrogen-bond donors (Lipinski definition) is 2. The van der Waals surface area contributed by atoms with Crippen LogP contribution in [0, 0.1) is 19.7 Å². The predicted molar refractivity (Wildman–Crippen MR) is 166 cm³/mol. The van der Waals surface area contributed by atoms with Gasteiger partial charge in [-0.1, -0.05) is 0 Å². The summed E-state index contributed by atoms with van der Waals surface area (Å²) in [5.74, 6) is 0.886. The lowest BCUT2D eigenvalue weighted by atomic mass is 9.77. The molecule has 4 heterocycles. The second-order valence-electron chi connectivity index (χ2n) is 12.9. The molecule has 0 unspecified atom stereocenters. The van der Waals surface area contributed by atoms with Gasteiger partial charge in [-0.2, -0.15) is 4.98 Å². The maximum Gasteiger partial charge on any atom is 0.229 e. The number of nitrogens with one attached hydrogen (secondary N) is 2. The van der Waals surface area contributed by atoms with Crippen LogP contribution in [0.25, 0.3) is 5.69 Å². The number of rotatable bonds is 9. The van der Waals surface area contributed by atoms with Crippen molar-refractivity contribution in [2.45, 2.75) is 71.5 Å². The molecule has 0 saturated carbocycles. The van der Waals surface area contributed by atoms with Gasteiger partial charge in [-0.3, -0.25) is 9.80 Å². The largest absolute Gasteiger partial charge is 0.490 e. The van der Waals surface area contributed by atoms with E-state index >= 15 is 0 Å². The molecule has 42 heavy (non-hydrogen) atoms. The molecule has 0 radical (unpaired) electrons. The number of benzene rings is 1. The van der Waals surface area contributed by atoms with E-state index in [9.17, 15) is 4.39 Å². The van der Waals surface area contributed by atoms with E-state index < -0.39 is 5.82 Å². The van der Waals surface area contributed by atoms with Crippen LogP contribution in [-0.2, 0) is 4.74 Å². The third-order valence-corrected chi connectivity index (χ3v) is 8.89. The smallest absolute Gasteiger partial charge is 0.229 e. The van der Waals surface area contributed by atoms with E-state index in [4.69, 9.17) is 9.47 Å². The first kappa shape index (κ1) is 30.3. The molecule has 2 fully saturated rings. The van der Waals surface area contributed by atoms with E-state index in [1.807, 2.05) is 18.2 Å². The molecular weight excluding hydrogens is 533 g/mol. The Morgan fingerprint density at radius 3 is 2.36 bits per heavy atom. The van der Waals surface area contributed by atoms with Crippen molar-refractivity contribution >= 4 is 17.5 Å². The normalized spacial score (nSPS) is 19.5. The summed E-state index contributed by atoms with van der Waals surface area (Å²) in [6, 6.07) is 10.2. The lowest BCUT2D eigenvalue weighted by Gasteiger charge is -2.53. The Hall–Kier alpha value is -3.21. The molecule has 10 heteroatoms. The zero-order chi connectivity index (χ0) is 30.1. The van der Waals surface area contributed by atoms with Gasteiger partial charge >= 0.3 is 0 Å². The van der Waals surface area contributed by atoms with Crippen LogP contribution in [0.2, 0.25) is 0 Å². The molecule has 0 aliphatic carbocycles. The first-order chi connectivity index (χ1) is 19.9. The fourth-order valence-corrected chi connectivity index (χ4v) is 6.37. The van der Waals surface area contributed by atoms with Gasteiger partial charge in [0.15, 0.2) is 11.6 Å². The van der Waals surface area contributed by atoms with E-state index in [1.54, 1.807) is 0 Å². The SMILES string of the molecule is Cc1ccc(C)n1-c1cc(Nc2ncc(F)c(NC3CC(C)(C)N(C)C(C)(C)C3)n2)ccc1OCCN1CCOCC1. The molecule has 0 bridgehead atoms. The molecule has 0 spiro atoms. The number of halogens is 1. The molecule has 2 aliphatic rings. The summed E-state index contributed by atoms with van der Waals surface area (Å²) in [6.45, 7) is 17.9. The van der Waals surface area contributed by atoms with Gasteiger partial charge in [0.05, 0.1) is 25.1 Å². The van der Waals surface area contributed by atoms with E-state index in [0.29, 0.717) is 12.6 Å². The number of aromatic nitrogens is 3. The Bertz CT molecular complexity index is 1350. The van der Waals surface area contributed by atoms with Gasteiger partial charge in [0.2, 0.25) is 5.95 Å². The summed E-state index contributed by atoms with van der Waals surface area (Å²) in [5, 5.41) is 6.68. The van der Waals surface area contributed by atoms with Gasteiger partial charge in [-0.15, -0.1) is 0 Å². The molecular formula is C32H46FN7O2. The van der Waals surface area contributed by atoms with Crippen LogP contribution in [0.3, 0.4) is 0 Å². The highest BCUT2D eigenvalue weighted by molar-refractivity contribution is 5.64. The van der Waals surface area contributed by atoms with Crippen LogP contribution < -0.4 is 15.4 Å². The second kappa shape index (κ2) is 12.2. The maximum atomic E-state index is 14.9. The number of anilines is 3. The van der Waals surface area contributed by atoms with Crippen molar-refractivity contribution in [2.75, 3.05) is 57.1 Å². The second-order valence-corrected chi connectivity index (χ2v) is 12.9. The summed E-state index contributed by atoms with van der Waals surface area (Å²) in [6.07, 6.45) is 2.99. The number of hydrogen-bond acceptors (Lipinski definition) is 8. The van der Waals surface area contributed by atoms with Crippen LogP contribution in [0.1, 0.15) is 51.9 Å². The standard InChI is InChI=1S/C32H46FN7O2/c1-22-8-9-23(2)40(22)27-18-24(10-11-28(27)42-17-14-39-12-15-41-16-13-39)36-30-34-21-26(33)29(37-30)35-25-19-31(3,4)38(7)32(5,6)20-25/h8-11,18,21,25H,12-17,19-20H2,1-7H3,(H2,34,35,36,37). The van der Waals surface area contributed by atoms with Crippen LogP contribution in [0.15, 0.2) is 36.5 Å². The number of ether oxygens (including phenoxy) is 2. The number of likely N-dealkylation sites (tertiary alicyclic amines) is 1. The van der Waals surface area contributed by atoms with E-state index in [-0.39, 0.29) is 22.9 Å². The Labute approximate surface area is 249 Å². The first-order valence-corrected chi connectivity index (χ1v) is 15.0. The summed E-state index contributed by atoms with van der Waals surface area (Å²) in [5.41, 5.74) is 3.88. The van der Waals surface area contributed by atoms with Gasteiger partial charge in [0, 0.05) is 53.8 Å². The molecule has 0 atom stereocenters. The van der Waals surface area contributed by atoms with Crippen molar-refractivity contribution in [1.29, 1.82) is 0 Å². The number of morpholine rings is 1. The minimum Gasteiger partial charge on any atom is -0.490 e. The zero-order valence-electron chi connectivity index (χ0n) is 26.1. The van der Waals surface area contributed by atoms with E-state index in [0.717, 1.165) is 74.2 Å². The lowest BCUT2D eigenvalue weighted by Crippen LogP contribution is -2.61. The fourth-order valence-electron chi connectivity index (χ4n) is 6.37. The minimum atomic E-state index is -0.460. The predicted octanol–water partition coefficient (Wildman–Crippen LogP) is 5.54. The monoisotopic (exact) mass is 579 g/mol. The first-order valence-electron chi connectivity index (χ1n) is 15.0. The highest BCUT2D eigenvalue weighted by atomic mass is 19.1. The zero-order valence-corrected chi connectivity index (χ0v) is 26.1. The average Bonchev–Trinajstić information content (AvgIpc) is 3.27. The summed E-state index contributed by atoms with van der Waals surface area (Å²) in [4.78, 5) is 13.6. The Balaban J connectivity index is 1.35. The molecule has 3 aromatic rings. The molecule has 2 aromatic heterocycles. The third-order valence-electron chi connectivity index (χ3n) is 8.89. The van der Waals surface area contributed by atoms with Crippen LogP contribution in [0.5, 0.6) is 5.75 Å². The minimum absolute atomic E-state index is 0.0266. The number of aryl methyl sites for hydroxylation is 2. The third kappa shape index (κ3) is 6.71. The maximum absolute atomic E-state index is 14.9. The van der Waals surface area contributed by atoms with Crippen LogP contribution >= 0.6 is 0 Å². The van der Waals surface area contributed by atoms with Crippen LogP contribution in [0.4, 0.5) is 21.8 Å². The molecule has 228 valence electrons. The molecule has 2 N–H and O–H groups in total. The highest BCUT2D eigenvalue weighted by Gasteiger charge is 2.43. The number of piperidine rings is 1. The van der Waals surface area contributed by atoms with Crippen molar-refractivity contribution < 1.29 is 13.9 Å². The van der Waals surface area contributed by atoms with Gasteiger partial charge in [0.25, 0.3) is 0 Å². The topological polar surface area (TPSA) is 79.7 Å². The molecule has 2 aliphatic heterocycles. The van der Waals surface area contributed by atoms with Crippen molar-refractivity contribution in [1.82, 2.24) is 24.3 Å². The molecule has 0 amide bonds. The van der Waals surface area contributed by atoms with Gasteiger partial charge in [0.1, 0.15) is 12.4 Å². The number of nitrogens with zero attached hydrogens (tertiary/aromatic N) is 5. The van der Waals surface area contributed by atoms with E-state index in [1.165, 1.54) is 6.20 Å². The van der Waals surface area contributed by atoms with Crippen molar-refractivity contribution in [3.63, 3.8) is 0 Å². The molecule has 2 saturated heterocycles. The summed E-state index contributed by atoms with van der Waals surface area (Å²) >= 11 is 0. The van der Waals surface area contributed by atoms with Gasteiger partial charge in [-0.05, 0) is 91.8 Å². The van der Waals surface area contributed by atoms with Crippen molar-refractivity contribution in [3.05, 3.63) is 53.7 Å².